The van der Waals surface area contributed by atoms with Crippen LogP contribution in [0, 0.1) is 0 Å². The molecule has 2 amide bonds. The number of aliphatic hydroxyl groups is 1. The summed E-state index contributed by atoms with van der Waals surface area (Å²) in [5.41, 5.74) is 0.588. The van der Waals surface area contributed by atoms with Gasteiger partial charge in [-0.3, -0.25) is 4.79 Å². The molecular weight excluding hydrogens is 504 g/mol. The lowest BCUT2D eigenvalue weighted by molar-refractivity contribution is -0.143. The molecule has 38 heavy (non-hydrogen) atoms. The highest BCUT2D eigenvalue weighted by Crippen LogP contribution is 2.43. The van der Waals surface area contributed by atoms with Crippen LogP contribution < -0.4 is 4.74 Å². The molecule has 4 rings (SSSR count). The van der Waals surface area contributed by atoms with Crippen LogP contribution in [0.3, 0.4) is 0 Å². The first-order valence-electron chi connectivity index (χ1n) is 13.8. The van der Waals surface area contributed by atoms with Crippen molar-refractivity contribution in [3.8, 4) is 5.75 Å². The van der Waals surface area contributed by atoms with Crippen molar-refractivity contribution in [1.29, 1.82) is 0 Å². The Balaban J connectivity index is 1.48. The highest BCUT2D eigenvalue weighted by molar-refractivity contribution is 6.32. The first kappa shape index (κ1) is 28.2. The monoisotopic (exact) mass is 542 g/mol. The topological polar surface area (TPSA) is 79.3 Å². The Morgan fingerprint density at radius 1 is 1.00 bits per heavy atom. The van der Waals surface area contributed by atoms with Gasteiger partial charge in [0.1, 0.15) is 12.4 Å². The van der Waals surface area contributed by atoms with Crippen molar-refractivity contribution in [2.75, 3.05) is 32.8 Å². The van der Waals surface area contributed by atoms with Gasteiger partial charge in [-0.1, -0.05) is 80.6 Å². The number of hydrogen-bond acceptors (Lipinski definition) is 5. The van der Waals surface area contributed by atoms with Crippen molar-refractivity contribution in [2.24, 2.45) is 0 Å². The second-order valence-corrected chi connectivity index (χ2v) is 10.7. The Morgan fingerprint density at radius 3 is 2.34 bits per heavy atom. The van der Waals surface area contributed by atoms with E-state index >= 15 is 0 Å². The number of ether oxygens (including phenoxy) is 2. The molecule has 1 heterocycles. The van der Waals surface area contributed by atoms with Crippen LogP contribution in [0.5, 0.6) is 5.75 Å². The van der Waals surface area contributed by atoms with Crippen LogP contribution in [0.15, 0.2) is 48.5 Å². The zero-order valence-electron chi connectivity index (χ0n) is 22.2. The molecule has 7 nitrogen and oxygen atoms in total. The van der Waals surface area contributed by atoms with E-state index in [9.17, 15) is 14.7 Å². The lowest BCUT2D eigenvalue weighted by atomic mass is 9.72. The van der Waals surface area contributed by atoms with Gasteiger partial charge in [-0.2, -0.15) is 0 Å². The Kier molecular flexibility index (Phi) is 9.91. The fourth-order valence-electron chi connectivity index (χ4n) is 5.37. The normalized spacial score (nSPS) is 18.1. The van der Waals surface area contributed by atoms with E-state index in [0.29, 0.717) is 68.6 Å². The second kappa shape index (κ2) is 13.3. The first-order chi connectivity index (χ1) is 18.4. The summed E-state index contributed by atoms with van der Waals surface area (Å²) in [6.45, 7) is 4.48. The zero-order chi connectivity index (χ0) is 27.0. The Labute approximate surface area is 230 Å². The van der Waals surface area contributed by atoms with Crippen LogP contribution in [-0.2, 0) is 16.1 Å². The van der Waals surface area contributed by atoms with Crippen LogP contribution in [0.4, 0.5) is 4.79 Å². The lowest BCUT2D eigenvalue weighted by Crippen LogP contribution is -2.55. The molecule has 1 atom stereocenters. The summed E-state index contributed by atoms with van der Waals surface area (Å²) in [5, 5.41) is 12.2. The van der Waals surface area contributed by atoms with Crippen molar-refractivity contribution in [3.05, 3.63) is 64.7 Å². The van der Waals surface area contributed by atoms with E-state index < -0.39 is 11.5 Å². The molecule has 0 bridgehead atoms. The number of rotatable bonds is 9. The molecule has 2 fully saturated rings. The van der Waals surface area contributed by atoms with Gasteiger partial charge >= 0.3 is 6.09 Å². The van der Waals surface area contributed by atoms with Crippen LogP contribution in [0.1, 0.15) is 68.9 Å². The fraction of sp³-hybridized carbons (Fsp3) is 0.533. The minimum Gasteiger partial charge on any atom is -0.487 e. The average Bonchev–Trinajstić information content (AvgIpc) is 2.93. The Hall–Kier alpha value is -2.77. The number of unbranched alkanes of at least 4 members (excludes halogenated alkanes) is 1. The summed E-state index contributed by atoms with van der Waals surface area (Å²) in [4.78, 5) is 29.7. The molecule has 2 aromatic carbocycles. The van der Waals surface area contributed by atoms with Gasteiger partial charge in [-0.05, 0) is 42.5 Å². The second-order valence-electron chi connectivity index (χ2n) is 10.3. The molecule has 0 spiro atoms. The molecule has 1 saturated carbocycles. The van der Waals surface area contributed by atoms with Gasteiger partial charge in [-0.25, -0.2) is 4.79 Å². The predicted molar refractivity (Wildman–Crippen MR) is 147 cm³/mol. The van der Waals surface area contributed by atoms with Crippen molar-refractivity contribution in [3.63, 3.8) is 0 Å². The van der Waals surface area contributed by atoms with Gasteiger partial charge in [-0.15, -0.1) is 0 Å². The van der Waals surface area contributed by atoms with Crippen LogP contribution >= 0.6 is 11.6 Å². The minimum atomic E-state index is -1.14. The summed E-state index contributed by atoms with van der Waals surface area (Å²) >= 11 is 6.63. The largest absolute Gasteiger partial charge is 0.487 e. The number of carbonyl (C=O) groups is 2. The molecule has 2 aromatic rings. The summed E-state index contributed by atoms with van der Waals surface area (Å²) in [7, 11) is 0. The highest BCUT2D eigenvalue weighted by atomic mass is 35.5. The lowest BCUT2D eigenvalue weighted by Gasteiger charge is -2.42. The van der Waals surface area contributed by atoms with E-state index in [4.69, 9.17) is 21.1 Å². The number of hydrogen-bond donors (Lipinski definition) is 1. The standard InChI is InChI=1S/C30H39ClN2O5/c1-2-3-20-37-29(35)33-18-16-32(17-19-33)28(34)27(30(36)14-8-5-9-15-30)24-12-13-26(25(31)21-24)38-22-23-10-6-4-7-11-23/h4,6-7,10-13,21,27,36H,2-3,5,8-9,14-20,22H2,1H3/t27-/m1/s1. The molecular formula is C30H39ClN2O5. The van der Waals surface area contributed by atoms with Gasteiger partial charge in [0.15, 0.2) is 0 Å². The summed E-state index contributed by atoms with van der Waals surface area (Å²) in [6, 6.07) is 15.2. The summed E-state index contributed by atoms with van der Waals surface area (Å²) in [6.07, 6.45) is 5.41. The third-order valence-corrected chi connectivity index (χ3v) is 7.90. The molecule has 0 aromatic heterocycles. The number of benzene rings is 2. The SMILES string of the molecule is CCCCOC(=O)N1CCN(C(=O)[C@@H](c2ccc(OCc3ccccc3)c(Cl)c2)C2(O)CCCCC2)CC1. The molecule has 1 saturated heterocycles. The van der Waals surface area contributed by atoms with Gasteiger partial charge in [0.05, 0.1) is 23.1 Å². The Morgan fingerprint density at radius 2 is 1.68 bits per heavy atom. The van der Waals surface area contributed by atoms with Gasteiger partial charge < -0.3 is 24.4 Å². The third-order valence-electron chi connectivity index (χ3n) is 7.60. The number of nitrogens with zero attached hydrogens (tertiary/aromatic N) is 2. The van der Waals surface area contributed by atoms with Crippen molar-refractivity contribution in [1.82, 2.24) is 9.80 Å². The van der Waals surface area contributed by atoms with E-state index in [1.54, 1.807) is 21.9 Å². The quantitative estimate of drug-likeness (QED) is 0.406. The van der Waals surface area contributed by atoms with Crippen LogP contribution in [-0.4, -0.2) is 65.3 Å². The smallest absolute Gasteiger partial charge is 0.409 e. The highest BCUT2D eigenvalue weighted by Gasteiger charge is 2.45. The number of carbonyl (C=O) groups excluding carboxylic acids is 2. The van der Waals surface area contributed by atoms with E-state index in [1.807, 2.05) is 43.3 Å². The number of piperazine rings is 1. The van der Waals surface area contributed by atoms with Crippen LogP contribution in [0.25, 0.3) is 0 Å². The molecule has 1 aliphatic heterocycles. The number of halogens is 1. The van der Waals surface area contributed by atoms with E-state index in [-0.39, 0.29) is 12.0 Å². The molecule has 8 heteroatoms. The van der Waals surface area contributed by atoms with Crippen molar-refractivity contribution >= 4 is 23.6 Å². The Bertz CT molecular complexity index is 1070. The maximum atomic E-state index is 14.0. The first-order valence-corrected chi connectivity index (χ1v) is 14.2. The molecule has 0 radical (unpaired) electrons. The summed E-state index contributed by atoms with van der Waals surface area (Å²) in [5.74, 6) is -0.315. The molecule has 206 valence electrons. The minimum absolute atomic E-state index is 0.123. The molecule has 1 N–H and O–H groups in total. The van der Waals surface area contributed by atoms with E-state index in [0.717, 1.165) is 37.7 Å². The maximum absolute atomic E-state index is 14.0. The number of amides is 2. The van der Waals surface area contributed by atoms with Crippen molar-refractivity contribution in [2.45, 2.75) is 70.0 Å². The van der Waals surface area contributed by atoms with Crippen molar-refractivity contribution < 1.29 is 24.2 Å². The molecule has 0 unspecified atom stereocenters. The zero-order valence-corrected chi connectivity index (χ0v) is 23.0. The van der Waals surface area contributed by atoms with Gasteiger partial charge in [0.2, 0.25) is 5.91 Å². The average molecular weight is 543 g/mol. The van der Waals surface area contributed by atoms with E-state index in [1.165, 1.54) is 0 Å². The predicted octanol–water partition coefficient (Wildman–Crippen LogP) is 5.78. The van der Waals surface area contributed by atoms with Gasteiger partial charge in [0.25, 0.3) is 0 Å². The van der Waals surface area contributed by atoms with Crippen LogP contribution in [0.2, 0.25) is 5.02 Å². The summed E-state index contributed by atoms with van der Waals surface area (Å²) < 4.78 is 11.3. The third kappa shape index (κ3) is 7.00. The van der Waals surface area contributed by atoms with Gasteiger partial charge in [0, 0.05) is 26.2 Å². The molecule has 2 aliphatic rings. The fourth-order valence-corrected chi connectivity index (χ4v) is 5.61. The van der Waals surface area contributed by atoms with E-state index in [2.05, 4.69) is 0 Å². The maximum Gasteiger partial charge on any atom is 0.409 e. The molecule has 1 aliphatic carbocycles.